The molecule has 12 nitrogen and oxygen atoms in total. The van der Waals surface area contributed by atoms with Gasteiger partial charge in [0.25, 0.3) is 5.91 Å². The fourth-order valence-electron chi connectivity index (χ4n) is 5.29. The molecule has 2 aromatic rings. The van der Waals surface area contributed by atoms with Gasteiger partial charge in [0, 0.05) is 23.5 Å². The summed E-state index contributed by atoms with van der Waals surface area (Å²) in [6.07, 6.45) is 4.26. The van der Waals surface area contributed by atoms with Gasteiger partial charge in [-0.2, -0.15) is 0 Å². The smallest absolute Gasteiger partial charge is 0.256 e. The van der Waals surface area contributed by atoms with Crippen molar-refractivity contribution in [1.29, 1.82) is 0 Å². The molecule has 7 N–H and O–H groups in total. The topological polar surface area (TPSA) is 217 Å². The number of rotatable bonds is 2. The first-order chi connectivity index (χ1) is 16.6. The van der Waals surface area contributed by atoms with Crippen LogP contribution in [0.3, 0.4) is 0 Å². The number of nitrogens with two attached hydrogens (primary N) is 1. The van der Waals surface area contributed by atoms with Crippen LogP contribution in [0.25, 0.3) is 17.0 Å². The molecule has 5 rings (SSSR count). The third-order valence-electron chi connectivity index (χ3n) is 6.83. The third kappa shape index (κ3) is 2.83. The highest BCUT2D eigenvalue weighted by molar-refractivity contribution is 6.38. The molecule has 0 unspecified atom stereocenters. The molecule has 1 amide bonds. The van der Waals surface area contributed by atoms with Gasteiger partial charge in [-0.25, -0.2) is 0 Å². The molecule has 178 valence electrons. The van der Waals surface area contributed by atoms with Crippen molar-refractivity contribution in [1.82, 2.24) is 9.97 Å². The number of allylic oxidation sites excluding steroid dienone is 1. The lowest BCUT2D eigenvalue weighted by Gasteiger charge is -2.45. The fraction of sp³-hybridized carbons (Fsp3) is 0.217. The van der Waals surface area contributed by atoms with Crippen LogP contribution in [0.2, 0.25) is 0 Å². The zero-order valence-corrected chi connectivity index (χ0v) is 17.8. The summed E-state index contributed by atoms with van der Waals surface area (Å²) >= 11 is 0. The number of Topliss-reactive ketones (excluding diaryl/α,β-unsaturated/α-hetero) is 2. The largest absolute Gasteiger partial charge is 0.507 e. The highest BCUT2D eigenvalue weighted by Gasteiger charge is 2.64. The number of fused-ring (bicyclic) bond motifs is 3. The third-order valence-corrected chi connectivity index (χ3v) is 6.83. The van der Waals surface area contributed by atoms with E-state index in [1.165, 1.54) is 24.7 Å². The predicted octanol–water partition coefficient (Wildman–Crippen LogP) is 0.321. The number of hydrogen-bond donors (Lipinski definition) is 6. The van der Waals surface area contributed by atoms with E-state index in [9.17, 15) is 40.0 Å². The van der Waals surface area contributed by atoms with Crippen LogP contribution in [-0.4, -0.2) is 64.4 Å². The number of amides is 1. The molecule has 0 bridgehead atoms. The van der Waals surface area contributed by atoms with E-state index in [-0.39, 0.29) is 29.7 Å². The van der Waals surface area contributed by atoms with Crippen molar-refractivity contribution in [2.24, 2.45) is 22.7 Å². The number of carbonyl (C=O) groups excluding carboxylic acids is 3. The van der Waals surface area contributed by atoms with Crippen molar-refractivity contribution in [3.8, 4) is 17.0 Å². The molecule has 1 heterocycles. The minimum atomic E-state index is -2.96. The molecule has 0 radical (unpaired) electrons. The summed E-state index contributed by atoms with van der Waals surface area (Å²) in [5, 5.41) is 55.8. The molecule has 0 spiro atoms. The van der Waals surface area contributed by atoms with E-state index in [1.807, 2.05) is 0 Å². The van der Waals surface area contributed by atoms with E-state index in [2.05, 4.69) is 15.1 Å². The van der Waals surface area contributed by atoms with E-state index in [0.717, 1.165) is 0 Å². The molecule has 3 aliphatic rings. The van der Waals surface area contributed by atoms with Crippen LogP contribution in [0.15, 0.2) is 52.8 Å². The van der Waals surface area contributed by atoms with Gasteiger partial charge < -0.3 is 31.4 Å². The van der Waals surface area contributed by atoms with Crippen LogP contribution in [-0.2, 0) is 20.8 Å². The van der Waals surface area contributed by atoms with Crippen LogP contribution in [0.5, 0.6) is 5.75 Å². The summed E-state index contributed by atoms with van der Waals surface area (Å²) in [5.41, 5.74) is 1.47. The molecule has 0 saturated heterocycles. The van der Waals surface area contributed by atoms with Crippen molar-refractivity contribution >= 4 is 28.9 Å². The molecule has 12 heteroatoms. The molecule has 3 atom stereocenters. The van der Waals surface area contributed by atoms with Crippen LogP contribution < -0.4 is 5.73 Å². The van der Waals surface area contributed by atoms with E-state index in [1.54, 1.807) is 6.07 Å². The SMILES string of the molecule is NC(=O)C1=C(O)C(=NO)[C@@H]2C[C@@H]3Cc4c(-c5cnccn5)ccc(O)c4C(O)=C3C(=O)[C@]2(O)C1=O. The standard InChI is InChI=1S/C23H18N4O8/c24-22(33)16-19(30)17(27-35)11-6-8-5-10-9(12-7-25-3-4-26-12)1-2-13(28)15(10)18(29)14(8)20(31)23(11,34)21(16)32/h1-4,7-8,11,28-30,34-35H,5-6H2,(H2,24,33)/t8-,11-,23-/m0/s1. The number of aliphatic hydroxyl groups is 3. The number of benzene rings is 1. The molecule has 1 saturated carbocycles. The van der Waals surface area contributed by atoms with Gasteiger partial charge in [0.15, 0.2) is 11.4 Å². The minimum absolute atomic E-state index is 0.0629. The van der Waals surface area contributed by atoms with Crippen molar-refractivity contribution in [2.45, 2.75) is 18.4 Å². The quantitative estimate of drug-likeness (QED) is 0.150. The first kappa shape index (κ1) is 22.2. The highest BCUT2D eigenvalue weighted by atomic mass is 16.4. The molecule has 1 fully saturated rings. The Morgan fingerprint density at radius 2 is 1.86 bits per heavy atom. The number of hydrogen-bond acceptors (Lipinski definition) is 11. The first-order valence-corrected chi connectivity index (χ1v) is 10.4. The molecular formula is C23H18N4O8. The number of primary amides is 1. The lowest BCUT2D eigenvalue weighted by atomic mass is 9.58. The summed E-state index contributed by atoms with van der Waals surface area (Å²) in [4.78, 5) is 46.7. The lowest BCUT2D eigenvalue weighted by Crippen LogP contribution is -2.64. The number of nitrogens with zero attached hydrogens (tertiary/aromatic N) is 3. The number of aromatic nitrogens is 2. The Labute approximate surface area is 196 Å². The van der Waals surface area contributed by atoms with Gasteiger partial charge >= 0.3 is 0 Å². The maximum Gasteiger partial charge on any atom is 0.256 e. The van der Waals surface area contributed by atoms with Crippen molar-refractivity contribution in [3.63, 3.8) is 0 Å². The van der Waals surface area contributed by atoms with Crippen molar-refractivity contribution < 1.29 is 40.0 Å². The van der Waals surface area contributed by atoms with Crippen molar-refractivity contribution in [3.05, 3.63) is 58.8 Å². The first-order valence-electron chi connectivity index (χ1n) is 10.4. The number of phenolic OH excluding ortho intramolecular Hbond substituents is 1. The average Bonchev–Trinajstić information content (AvgIpc) is 2.82. The molecular weight excluding hydrogens is 460 g/mol. The Kier molecular flexibility index (Phi) is 4.74. The monoisotopic (exact) mass is 478 g/mol. The van der Waals surface area contributed by atoms with Crippen LogP contribution >= 0.6 is 0 Å². The van der Waals surface area contributed by atoms with Crippen molar-refractivity contribution in [2.75, 3.05) is 0 Å². The van der Waals surface area contributed by atoms with Gasteiger partial charge in [-0.1, -0.05) is 5.16 Å². The maximum absolute atomic E-state index is 13.6. The molecule has 1 aromatic carbocycles. The van der Waals surface area contributed by atoms with Gasteiger partial charge in [0.05, 0.1) is 23.4 Å². The van der Waals surface area contributed by atoms with Gasteiger partial charge in [0.1, 0.15) is 22.8 Å². The van der Waals surface area contributed by atoms with Gasteiger partial charge in [-0.15, -0.1) is 0 Å². The summed E-state index contributed by atoms with van der Waals surface area (Å²) in [6.45, 7) is 0. The fourth-order valence-corrected chi connectivity index (χ4v) is 5.29. The van der Waals surface area contributed by atoms with E-state index >= 15 is 0 Å². The minimum Gasteiger partial charge on any atom is -0.507 e. The zero-order chi connectivity index (χ0) is 25.2. The second-order valence-electron chi connectivity index (χ2n) is 8.53. The van der Waals surface area contributed by atoms with E-state index < -0.39 is 57.7 Å². The second-order valence-corrected chi connectivity index (χ2v) is 8.53. The number of carbonyl (C=O) groups is 3. The number of phenols is 1. The van der Waals surface area contributed by atoms with Gasteiger partial charge in [-0.05, 0) is 36.5 Å². The Morgan fingerprint density at radius 3 is 2.49 bits per heavy atom. The number of aliphatic hydroxyl groups excluding tert-OH is 2. The Balaban J connectivity index is 1.74. The Bertz CT molecular complexity index is 1430. The average molecular weight is 478 g/mol. The van der Waals surface area contributed by atoms with E-state index in [0.29, 0.717) is 16.8 Å². The molecule has 1 aromatic heterocycles. The lowest BCUT2D eigenvalue weighted by molar-refractivity contribution is -0.153. The summed E-state index contributed by atoms with van der Waals surface area (Å²) in [7, 11) is 0. The van der Waals surface area contributed by atoms with E-state index in [4.69, 9.17) is 5.73 Å². The predicted molar refractivity (Wildman–Crippen MR) is 117 cm³/mol. The second kappa shape index (κ2) is 7.46. The zero-order valence-electron chi connectivity index (χ0n) is 17.8. The van der Waals surface area contributed by atoms with Gasteiger partial charge in [-0.3, -0.25) is 24.4 Å². The maximum atomic E-state index is 13.6. The van der Waals surface area contributed by atoms with Crippen LogP contribution in [0, 0.1) is 11.8 Å². The summed E-state index contributed by atoms with van der Waals surface area (Å²) in [6, 6.07) is 2.88. The van der Waals surface area contributed by atoms with Gasteiger partial charge in [0.2, 0.25) is 11.6 Å². The number of aromatic hydroxyl groups is 1. The summed E-state index contributed by atoms with van der Waals surface area (Å²) in [5.74, 6) is -8.52. The summed E-state index contributed by atoms with van der Waals surface area (Å²) < 4.78 is 0. The van der Waals surface area contributed by atoms with Crippen LogP contribution in [0.1, 0.15) is 17.5 Å². The normalized spacial score (nSPS) is 26.9. The Hall–Kier alpha value is -4.58. The Morgan fingerprint density at radius 1 is 1.11 bits per heavy atom. The molecule has 3 aliphatic carbocycles. The molecule has 35 heavy (non-hydrogen) atoms. The number of oxime groups is 1. The molecule has 0 aliphatic heterocycles. The highest BCUT2D eigenvalue weighted by Crippen LogP contribution is 2.51. The van der Waals surface area contributed by atoms with Crippen LogP contribution in [0.4, 0.5) is 0 Å². The number of ketones is 2.